The quantitative estimate of drug-likeness (QED) is 0.862. The molecule has 6 nitrogen and oxygen atoms in total. The van der Waals surface area contributed by atoms with E-state index in [2.05, 4.69) is 25.3 Å². The fourth-order valence-corrected chi connectivity index (χ4v) is 1.67. The Hall–Kier alpha value is -2.08. The van der Waals surface area contributed by atoms with Crippen LogP contribution in [0.2, 0.25) is 0 Å². The van der Waals surface area contributed by atoms with Gasteiger partial charge in [-0.1, -0.05) is 0 Å². The number of nitrogens with zero attached hydrogens (tertiary/aromatic N) is 4. The van der Waals surface area contributed by atoms with Gasteiger partial charge < -0.3 is 10.1 Å². The van der Waals surface area contributed by atoms with E-state index < -0.39 is 0 Å². The van der Waals surface area contributed by atoms with Crippen LogP contribution in [0.25, 0.3) is 0 Å². The molecule has 0 aliphatic rings. The van der Waals surface area contributed by atoms with Crippen LogP contribution in [0.3, 0.4) is 0 Å². The molecule has 94 valence electrons. The Bertz CT molecular complexity index is 514. The van der Waals surface area contributed by atoms with E-state index in [0.717, 1.165) is 11.4 Å². The largest absolute Gasteiger partial charge is 0.480 e. The highest BCUT2D eigenvalue weighted by atomic mass is 16.5. The summed E-state index contributed by atoms with van der Waals surface area (Å²) in [5.74, 6) is 0.485. The second-order valence-corrected chi connectivity index (χ2v) is 3.76. The first-order valence-corrected chi connectivity index (χ1v) is 5.57. The third-order valence-electron chi connectivity index (χ3n) is 2.54. The molecule has 1 atom stereocenters. The molecule has 0 amide bonds. The molecular weight excluding hydrogens is 230 g/mol. The fraction of sp³-hybridized carbons (Fsp3) is 0.333. The van der Waals surface area contributed by atoms with Gasteiger partial charge in [0.1, 0.15) is 5.69 Å². The van der Waals surface area contributed by atoms with Gasteiger partial charge in [0.05, 0.1) is 30.7 Å². The van der Waals surface area contributed by atoms with Crippen molar-refractivity contribution in [1.82, 2.24) is 25.3 Å². The molecular formula is C12H15N5O. The van der Waals surface area contributed by atoms with Gasteiger partial charge in [-0.25, -0.2) is 4.98 Å². The minimum atomic E-state index is -0.193. The third-order valence-corrected chi connectivity index (χ3v) is 2.54. The number of aryl methyl sites for hydroxylation is 1. The van der Waals surface area contributed by atoms with Crippen molar-refractivity contribution in [2.45, 2.75) is 13.0 Å². The van der Waals surface area contributed by atoms with Gasteiger partial charge in [0.25, 0.3) is 0 Å². The zero-order chi connectivity index (χ0) is 13.0. The van der Waals surface area contributed by atoms with Crippen molar-refractivity contribution in [1.29, 1.82) is 0 Å². The highest BCUT2D eigenvalue weighted by molar-refractivity contribution is 5.28. The first-order valence-electron chi connectivity index (χ1n) is 5.57. The molecule has 2 rings (SSSR count). The Labute approximate surface area is 105 Å². The molecule has 1 unspecified atom stereocenters. The Morgan fingerprint density at radius 2 is 1.89 bits per heavy atom. The van der Waals surface area contributed by atoms with Crippen LogP contribution in [-0.2, 0) is 0 Å². The fourth-order valence-electron chi connectivity index (χ4n) is 1.67. The number of ether oxygens (including phenoxy) is 1. The first-order chi connectivity index (χ1) is 8.76. The monoisotopic (exact) mass is 245 g/mol. The van der Waals surface area contributed by atoms with Crippen molar-refractivity contribution in [2.24, 2.45) is 0 Å². The van der Waals surface area contributed by atoms with Gasteiger partial charge in [0, 0.05) is 18.6 Å². The molecule has 0 radical (unpaired) electrons. The van der Waals surface area contributed by atoms with Crippen molar-refractivity contribution in [2.75, 3.05) is 14.2 Å². The van der Waals surface area contributed by atoms with Crippen LogP contribution < -0.4 is 10.1 Å². The number of methoxy groups -OCH3 is 1. The average molecular weight is 245 g/mol. The smallest absolute Gasteiger partial charge is 0.237 e. The molecule has 2 aromatic heterocycles. The van der Waals surface area contributed by atoms with Crippen LogP contribution >= 0.6 is 0 Å². The summed E-state index contributed by atoms with van der Waals surface area (Å²) in [6, 6.07) is -0.193. The Morgan fingerprint density at radius 1 is 1.11 bits per heavy atom. The number of hydrogen-bond acceptors (Lipinski definition) is 6. The van der Waals surface area contributed by atoms with Crippen LogP contribution in [0.1, 0.15) is 23.1 Å². The summed E-state index contributed by atoms with van der Waals surface area (Å²) in [6.45, 7) is 1.90. The van der Waals surface area contributed by atoms with E-state index in [0.29, 0.717) is 11.6 Å². The molecule has 0 bridgehead atoms. The van der Waals surface area contributed by atoms with Crippen molar-refractivity contribution in [3.05, 3.63) is 41.9 Å². The van der Waals surface area contributed by atoms with Crippen LogP contribution in [0, 0.1) is 6.92 Å². The first kappa shape index (κ1) is 12.4. The van der Waals surface area contributed by atoms with E-state index in [1.165, 1.54) is 0 Å². The van der Waals surface area contributed by atoms with E-state index >= 15 is 0 Å². The van der Waals surface area contributed by atoms with Gasteiger partial charge in [-0.05, 0) is 14.0 Å². The highest BCUT2D eigenvalue weighted by Gasteiger charge is 2.20. The summed E-state index contributed by atoms with van der Waals surface area (Å²) in [6.07, 6.45) is 6.67. The second kappa shape index (κ2) is 5.50. The molecule has 2 heterocycles. The van der Waals surface area contributed by atoms with E-state index in [4.69, 9.17) is 4.74 Å². The van der Waals surface area contributed by atoms with Gasteiger partial charge in [-0.2, -0.15) is 0 Å². The summed E-state index contributed by atoms with van der Waals surface area (Å²) in [4.78, 5) is 17.0. The number of aromatic nitrogens is 4. The molecule has 6 heteroatoms. The third kappa shape index (κ3) is 2.43. The van der Waals surface area contributed by atoms with Crippen molar-refractivity contribution in [3.63, 3.8) is 0 Å². The maximum Gasteiger partial charge on any atom is 0.237 e. The molecule has 2 aromatic rings. The predicted octanol–water partition coefficient (Wildman–Crippen LogP) is 0.892. The van der Waals surface area contributed by atoms with Gasteiger partial charge in [0.15, 0.2) is 0 Å². The van der Waals surface area contributed by atoms with Gasteiger partial charge in [-0.3, -0.25) is 15.0 Å². The van der Waals surface area contributed by atoms with Crippen LogP contribution in [0.15, 0.2) is 24.8 Å². The van der Waals surface area contributed by atoms with Crippen molar-refractivity contribution in [3.8, 4) is 5.88 Å². The van der Waals surface area contributed by atoms with Crippen molar-refractivity contribution < 1.29 is 4.74 Å². The second-order valence-electron chi connectivity index (χ2n) is 3.76. The molecule has 0 aliphatic carbocycles. The standard InChI is InChI=1S/C12H15N5O/c1-8-6-17-9(7-16-8)10(13-2)11-12(18-3)15-5-4-14-11/h4-7,10,13H,1-3H3. The van der Waals surface area contributed by atoms with Gasteiger partial charge in [-0.15, -0.1) is 0 Å². The van der Waals surface area contributed by atoms with E-state index in [-0.39, 0.29) is 6.04 Å². The lowest BCUT2D eigenvalue weighted by molar-refractivity contribution is 0.383. The molecule has 0 saturated heterocycles. The topological polar surface area (TPSA) is 72.8 Å². The number of rotatable bonds is 4. The highest BCUT2D eigenvalue weighted by Crippen LogP contribution is 2.24. The average Bonchev–Trinajstić information content (AvgIpc) is 2.42. The SMILES string of the molecule is CNC(c1cnc(C)cn1)c1nccnc1OC. The van der Waals surface area contributed by atoms with E-state index in [9.17, 15) is 0 Å². The maximum atomic E-state index is 5.21. The maximum absolute atomic E-state index is 5.21. The summed E-state index contributed by atoms with van der Waals surface area (Å²) in [5.41, 5.74) is 2.35. The van der Waals surface area contributed by atoms with Gasteiger partial charge in [0.2, 0.25) is 5.88 Å². The summed E-state index contributed by atoms with van der Waals surface area (Å²) in [5, 5.41) is 3.14. The normalized spacial score (nSPS) is 12.2. The number of hydrogen-bond donors (Lipinski definition) is 1. The molecule has 0 fully saturated rings. The van der Waals surface area contributed by atoms with Crippen molar-refractivity contribution >= 4 is 0 Å². The Morgan fingerprint density at radius 3 is 2.50 bits per heavy atom. The molecule has 0 aliphatic heterocycles. The summed E-state index contributed by atoms with van der Waals surface area (Å²) >= 11 is 0. The van der Waals surface area contributed by atoms with E-state index in [1.807, 2.05) is 14.0 Å². The Balaban J connectivity index is 2.41. The lowest BCUT2D eigenvalue weighted by atomic mass is 10.1. The molecule has 1 N–H and O–H groups in total. The van der Waals surface area contributed by atoms with Gasteiger partial charge >= 0.3 is 0 Å². The lowest BCUT2D eigenvalue weighted by Gasteiger charge is -2.16. The zero-order valence-electron chi connectivity index (χ0n) is 10.6. The van der Waals surface area contributed by atoms with Crippen LogP contribution in [-0.4, -0.2) is 34.1 Å². The minimum absolute atomic E-state index is 0.193. The van der Waals surface area contributed by atoms with Crippen LogP contribution in [0.4, 0.5) is 0 Å². The zero-order valence-corrected chi connectivity index (χ0v) is 10.6. The molecule has 0 aromatic carbocycles. The predicted molar refractivity (Wildman–Crippen MR) is 66.3 cm³/mol. The molecule has 0 saturated carbocycles. The van der Waals surface area contributed by atoms with E-state index in [1.54, 1.807) is 31.9 Å². The number of nitrogens with one attached hydrogen (secondary N) is 1. The molecule has 18 heavy (non-hydrogen) atoms. The molecule has 0 spiro atoms. The Kier molecular flexibility index (Phi) is 3.78. The summed E-state index contributed by atoms with van der Waals surface area (Å²) in [7, 11) is 3.40. The summed E-state index contributed by atoms with van der Waals surface area (Å²) < 4.78 is 5.21. The lowest BCUT2D eigenvalue weighted by Crippen LogP contribution is -2.21. The minimum Gasteiger partial charge on any atom is -0.480 e. The van der Waals surface area contributed by atoms with Crippen LogP contribution in [0.5, 0.6) is 5.88 Å².